The Hall–Kier alpha value is -1.54. The molecule has 0 aliphatic rings. The summed E-state index contributed by atoms with van der Waals surface area (Å²) in [6, 6.07) is -0.845. The Balaban J connectivity index is 4.13. The lowest BCUT2D eigenvalue weighted by atomic mass is 10.0. The molecule has 340 valence electrons. The van der Waals surface area contributed by atoms with Gasteiger partial charge in [0.1, 0.15) is 13.2 Å². The van der Waals surface area contributed by atoms with Gasteiger partial charge < -0.3 is 19.8 Å². The van der Waals surface area contributed by atoms with Crippen LogP contribution in [0.2, 0.25) is 0 Å². The van der Waals surface area contributed by atoms with Gasteiger partial charge in [-0.1, -0.05) is 191 Å². The van der Waals surface area contributed by atoms with Crippen molar-refractivity contribution in [3.63, 3.8) is 0 Å². The minimum atomic E-state index is -4.33. The standard InChI is InChI=1S/C49H93N2O6P/c1-6-8-10-12-14-16-17-18-19-20-21-22-23-24-25-26-27-28-29-30-31-32-33-35-37-39-41-43-49(53)50-47(46-57-58(54,55)56-45-44-51(3,4)5)48(52)42-40-38-36-34-15-13-11-9-7-2/h17-18,20-21,23-24,40,42,47-48,52H,6-16,19,22,25-39,41,43-46H2,1-5H3,(H-,50,53,54,55)/p+1/b18-17-,21-20-,24-23-,42-40+. The van der Waals surface area contributed by atoms with E-state index < -0.39 is 20.0 Å². The van der Waals surface area contributed by atoms with Gasteiger partial charge >= 0.3 is 7.82 Å². The highest BCUT2D eigenvalue weighted by Crippen LogP contribution is 2.43. The Morgan fingerprint density at radius 2 is 0.983 bits per heavy atom. The van der Waals surface area contributed by atoms with Gasteiger partial charge in [0.2, 0.25) is 5.91 Å². The van der Waals surface area contributed by atoms with Gasteiger partial charge in [0.15, 0.2) is 0 Å². The number of quaternary nitrogens is 1. The quantitative estimate of drug-likeness (QED) is 0.0244. The summed E-state index contributed by atoms with van der Waals surface area (Å²) in [6.45, 7) is 4.76. The third kappa shape index (κ3) is 42.6. The predicted molar refractivity (Wildman–Crippen MR) is 249 cm³/mol. The third-order valence-corrected chi connectivity index (χ3v) is 11.5. The van der Waals surface area contributed by atoms with Crippen molar-refractivity contribution in [2.24, 2.45) is 0 Å². The summed E-state index contributed by atoms with van der Waals surface area (Å²) in [6.07, 6.45) is 52.0. The van der Waals surface area contributed by atoms with E-state index in [0.29, 0.717) is 17.4 Å². The molecular formula is C49H94N2O6P+. The predicted octanol–water partition coefficient (Wildman–Crippen LogP) is 13.6. The fraction of sp³-hybridized carbons (Fsp3) is 0.816. The second-order valence-corrected chi connectivity index (χ2v) is 18.9. The molecule has 0 aliphatic heterocycles. The van der Waals surface area contributed by atoms with Crippen LogP contribution in [0.5, 0.6) is 0 Å². The average molecular weight is 838 g/mol. The Morgan fingerprint density at radius 1 is 0.586 bits per heavy atom. The van der Waals surface area contributed by atoms with Crippen molar-refractivity contribution in [1.29, 1.82) is 0 Å². The van der Waals surface area contributed by atoms with Gasteiger partial charge in [0.05, 0.1) is 39.9 Å². The summed E-state index contributed by atoms with van der Waals surface area (Å²) in [7, 11) is 1.57. The lowest BCUT2D eigenvalue weighted by Crippen LogP contribution is -2.45. The zero-order chi connectivity index (χ0) is 42.8. The molecule has 3 N–H and O–H groups in total. The van der Waals surface area contributed by atoms with Crippen molar-refractivity contribution in [3.8, 4) is 0 Å². The molecule has 0 radical (unpaired) electrons. The minimum Gasteiger partial charge on any atom is -0.387 e. The smallest absolute Gasteiger partial charge is 0.387 e. The van der Waals surface area contributed by atoms with E-state index in [1.165, 1.54) is 135 Å². The molecule has 8 nitrogen and oxygen atoms in total. The number of nitrogens with one attached hydrogen (secondary N) is 1. The fourth-order valence-electron chi connectivity index (χ4n) is 6.69. The van der Waals surface area contributed by atoms with Crippen LogP contribution in [-0.2, 0) is 18.4 Å². The lowest BCUT2D eigenvalue weighted by Gasteiger charge is -2.25. The molecular weight excluding hydrogens is 744 g/mol. The molecule has 0 bridgehead atoms. The Morgan fingerprint density at radius 3 is 1.43 bits per heavy atom. The van der Waals surface area contributed by atoms with Crippen molar-refractivity contribution in [2.45, 2.75) is 219 Å². The molecule has 0 fully saturated rings. The number of rotatable bonds is 43. The Bertz CT molecular complexity index is 1090. The zero-order valence-electron chi connectivity index (χ0n) is 38.5. The number of unbranched alkanes of at least 4 members (excludes halogenated alkanes) is 24. The largest absolute Gasteiger partial charge is 0.472 e. The molecule has 0 rings (SSSR count). The van der Waals surface area contributed by atoms with Gasteiger partial charge in [-0.2, -0.15) is 0 Å². The molecule has 0 heterocycles. The second-order valence-electron chi connectivity index (χ2n) is 17.5. The SMILES string of the molecule is CCCCCCC/C=C\C/C=C\C/C=C\CCCCCCCCCCCCCCC(=O)NC(COP(=O)(O)OCC[N+](C)(C)C)C(O)/C=C/CCCCCCCCC. The summed E-state index contributed by atoms with van der Waals surface area (Å²) in [4.78, 5) is 23.1. The van der Waals surface area contributed by atoms with Gasteiger partial charge in [0.25, 0.3) is 0 Å². The van der Waals surface area contributed by atoms with E-state index in [1.807, 2.05) is 27.2 Å². The summed E-state index contributed by atoms with van der Waals surface area (Å²) >= 11 is 0. The van der Waals surface area contributed by atoms with Gasteiger partial charge in [0, 0.05) is 6.42 Å². The van der Waals surface area contributed by atoms with Gasteiger partial charge in [-0.05, 0) is 57.8 Å². The van der Waals surface area contributed by atoms with Crippen LogP contribution in [0.15, 0.2) is 48.6 Å². The second kappa shape index (κ2) is 40.8. The number of hydrogen-bond donors (Lipinski definition) is 3. The highest BCUT2D eigenvalue weighted by molar-refractivity contribution is 7.47. The number of phosphoric acid groups is 1. The fourth-order valence-corrected chi connectivity index (χ4v) is 7.43. The van der Waals surface area contributed by atoms with Crippen LogP contribution in [0.1, 0.15) is 206 Å². The Labute approximate surface area is 359 Å². The molecule has 3 unspecified atom stereocenters. The number of nitrogens with zero attached hydrogens (tertiary/aromatic N) is 1. The highest BCUT2D eigenvalue weighted by Gasteiger charge is 2.27. The van der Waals surface area contributed by atoms with Crippen LogP contribution in [0.25, 0.3) is 0 Å². The van der Waals surface area contributed by atoms with Crippen molar-refractivity contribution < 1.29 is 32.9 Å². The number of carbonyl (C=O) groups is 1. The summed E-state index contributed by atoms with van der Waals surface area (Å²) in [5.41, 5.74) is 0. The van der Waals surface area contributed by atoms with Crippen LogP contribution >= 0.6 is 7.82 Å². The molecule has 0 aromatic heterocycles. The van der Waals surface area contributed by atoms with Crippen LogP contribution in [-0.4, -0.2) is 73.4 Å². The first-order chi connectivity index (χ1) is 28.0. The number of carbonyl (C=O) groups excluding carboxylic acids is 1. The summed E-state index contributed by atoms with van der Waals surface area (Å²) in [5.74, 6) is -0.183. The number of hydrogen-bond acceptors (Lipinski definition) is 5. The normalized spacial score (nSPS) is 14.7. The zero-order valence-corrected chi connectivity index (χ0v) is 39.4. The van der Waals surface area contributed by atoms with Crippen molar-refractivity contribution >= 4 is 13.7 Å². The molecule has 0 aromatic rings. The number of amides is 1. The lowest BCUT2D eigenvalue weighted by molar-refractivity contribution is -0.870. The van der Waals surface area contributed by atoms with Crippen LogP contribution in [0.4, 0.5) is 0 Å². The van der Waals surface area contributed by atoms with E-state index in [0.717, 1.165) is 51.4 Å². The number of phosphoric ester groups is 1. The van der Waals surface area contributed by atoms with Crippen LogP contribution in [0, 0.1) is 0 Å². The number of likely N-dealkylation sites (N-methyl/N-ethyl adjacent to an activating group) is 1. The van der Waals surface area contributed by atoms with Crippen LogP contribution in [0.3, 0.4) is 0 Å². The molecule has 0 aromatic carbocycles. The first-order valence-electron chi connectivity index (χ1n) is 24.0. The molecule has 0 aliphatic carbocycles. The van der Waals surface area contributed by atoms with Crippen molar-refractivity contribution in [3.05, 3.63) is 48.6 Å². The monoisotopic (exact) mass is 838 g/mol. The number of allylic oxidation sites excluding steroid dienone is 7. The first-order valence-corrected chi connectivity index (χ1v) is 25.5. The first kappa shape index (κ1) is 56.5. The molecule has 0 saturated carbocycles. The maximum atomic E-state index is 12.9. The highest BCUT2D eigenvalue weighted by atomic mass is 31.2. The molecule has 3 atom stereocenters. The van der Waals surface area contributed by atoms with E-state index in [4.69, 9.17) is 9.05 Å². The topological polar surface area (TPSA) is 105 Å². The molecule has 0 spiro atoms. The maximum Gasteiger partial charge on any atom is 0.472 e. The van der Waals surface area contributed by atoms with Crippen LogP contribution < -0.4 is 5.32 Å². The van der Waals surface area contributed by atoms with Crippen molar-refractivity contribution in [1.82, 2.24) is 5.32 Å². The number of aliphatic hydroxyl groups excluding tert-OH is 1. The van der Waals surface area contributed by atoms with E-state index in [-0.39, 0.29) is 19.1 Å². The van der Waals surface area contributed by atoms with Crippen molar-refractivity contribution in [2.75, 3.05) is 40.9 Å². The summed E-state index contributed by atoms with van der Waals surface area (Å²) < 4.78 is 23.5. The van der Waals surface area contributed by atoms with Gasteiger partial charge in [-0.3, -0.25) is 13.8 Å². The Kier molecular flexibility index (Phi) is 39.8. The maximum absolute atomic E-state index is 12.9. The third-order valence-electron chi connectivity index (χ3n) is 10.5. The average Bonchev–Trinajstić information content (AvgIpc) is 3.17. The minimum absolute atomic E-state index is 0.0599. The van der Waals surface area contributed by atoms with E-state index in [1.54, 1.807) is 6.08 Å². The van der Waals surface area contributed by atoms with Gasteiger partial charge in [-0.25, -0.2) is 4.57 Å². The van der Waals surface area contributed by atoms with E-state index in [9.17, 15) is 19.4 Å². The number of aliphatic hydroxyl groups is 1. The molecule has 0 saturated heterocycles. The molecule has 58 heavy (non-hydrogen) atoms. The molecule has 9 heteroatoms. The van der Waals surface area contributed by atoms with E-state index in [2.05, 4.69) is 55.6 Å². The molecule has 1 amide bonds. The van der Waals surface area contributed by atoms with E-state index >= 15 is 0 Å². The summed E-state index contributed by atoms with van der Waals surface area (Å²) in [5, 5.41) is 13.8. The van der Waals surface area contributed by atoms with Gasteiger partial charge in [-0.15, -0.1) is 0 Å².